The first-order chi connectivity index (χ1) is 46.9. The molecule has 0 radical (unpaired) electrons. The summed E-state index contributed by atoms with van der Waals surface area (Å²) < 4.78 is 29.0. The fourth-order valence-electron chi connectivity index (χ4n) is 7.67. The van der Waals surface area contributed by atoms with E-state index in [0.29, 0.717) is 36.8 Å². The molecule has 0 aromatic heterocycles. The minimum atomic E-state index is -0.715. The Labute approximate surface area is 637 Å². The van der Waals surface area contributed by atoms with E-state index in [0.717, 1.165) is 97.3 Å². The van der Waals surface area contributed by atoms with Crippen molar-refractivity contribution in [2.24, 2.45) is 0 Å². The third-order valence-corrected chi connectivity index (χ3v) is 20.3. The lowest BCUT2D eigenvalue weighted by atomic mass is 9.86. The zero-order chi connectivity index (χ0) is 76.1. The van der Waals surface area contributed by atoms with E-state index < -0.39 is 67.3 Å². The average molecular weight is 1630 g/mol. The second-order valence-electron chi connectivity index (χ2n) is 21.2. The van der Waals surface area contributed by atoms with Gasteiger partial charge in [-0.2, -0.15) is 0 Å². The van der Waals surface area contributed by atoms with Gasteiger partial charge in [-0.25, -0.2) is 0 Å². The highest BCUT2D eigenvalue weighted by Gasteiger charge is 2.29. The molecule has 18 nitrogen and oxygen atoms in total. The smallest absolute Gasteiger partial charge is 0.323 e. The maximum absolute atomic E-state index is 11.7. The Hall–Kier alpha value is -6.10. The summed E-state index contributed by atoms with van der Waals surface area (Å²) in [6.45, 7) is 16.9. The van der Waals surface area contributed by atoms with Crippen molar-refractivity contribution in [1.29, 1.82) is 0 Å². The molecular weight excluding hydrogens is 1550 g/mol. The zero-order valence-corrected chi connectivity index (χ0v) is 66.9. The number of hydrogen-bond donors (Lipinski definition) is 0. The van der Waals surface area contributed by atoms with E-state index in [9.17, 15) is 57.5 Å². The van der Waals surface area contributed by atoms with Gasteiger partial charge < -0.3 is 28.4 Å². The quantitative estimate of drug-likeness (QED) is 0.0572. The normalized spacial score (nSPS) is 12.1. The molecule has 6 aromatic carbocycles. The Morgan fingerprint density at radius 2 is 0.590 bits per heavy atom. The molecule has 29 heteroatoms. The van der Waals surface area contributed by atoms with E-state index in [4.69, 9.17) is 51.1 Å². The molecule has 0 spiro atoms. The molecule has 100 heavy (non-hydrogen) atoms. The molecule has 6 rings (SSSR count). The predicted octanol–water partition coefficient (Wildman–Crippen LogP) is 18.1. The van der Waals surface area contributed by atoms with E-state index in [-0.39, 0.29) is 36.1 Å². The summed E-state index contributed by atoms with van der Waals surface area (Å²) in [6, 6.07) is 40.9. The number of aryl methyl sites for hydroxylation is 1. The molecule has 6 aromatic rings. The fourth-order valence-corrected chi connectivity index (χ4v) is 13.5. The van der Waals surface area contributed by atoms with Crippen LogP contribution in [0.4, 0.5) is 0 Å². The highest BCUT2D eigenvalue weighted by atomic mass is 79.9. The summed E-state index contributed by atoms with van der Waals surface area (Å²) >= 11 is 32.2. The molecule has 0 aliphatic heterocycles. The van der Waals surface area contributed by atoms with Gasteiger partial charge in [0.2, 0.25) is 0 Å². The van der Waals surface area contributed by atoms with Gasteiger partial charge in [0.05, 0.1) is 52.7 Å². The van der Waals surface area contributed by atoms with Gasteiger partial charge in [0.25, 0.3) is 0 Å². The number of carbonyl (C=O) groups is 12. The highest BCUT2D eigenvalue weighted by molar-refractivity contribution is 9.10. The van der Waals surface area contributed by atoms with Crippen LogP contribution in [-0.2, 0) is 91.4 Å². The standard InChI is InChI=1S/C15H20O3S.C12H14O3S.C11H11BrO3S.C11H10Cl2O3S.2C11H11ClO3S/c1-10(16)19-13(14(17)18-5)11-6-8-12(9-7-11)15(2,3)4;1-8-4-6-10(7-5-8)11(12(14)15-3)16-9(2)13;1-7(13)16-10(11(14)15-2)8-3-5-9(12)6-4-8;1-6(14)17-10(11(15)16-2)7-3-4-8(12)9(13)5-7;1-7(13)16-10(11(14)15-2)8-3-5-9(12)6-4-8;1-7(13)16-10(11(14)15-2)8-4-3-5-9(12)6-8/h6-9,13H,1-5H3;4-7,11H,1-3H3;3-6,10H,1-2H3;3-5,10H,1-2H3;2*3-6,10H,1-2H3. The summed E-state index contributed by atoms with van der Waals surface area (Å²) in [5.74, 6) is -2.61. The summed E-state index contributed by atoms with van der Waals surface area (Å²) in [4.78, 5) is 136. The maximum atomic E-state index is 11.7. The molecule has 0 heterocycles. The average Bonchev–Trinajstić information content (AvgIpc) is 0.870. The van der Waals surface area contributed by atoms with Crippen LogP contribution in [0.5, 0.6) is 0 Å². The predicted molar refractivity (Wildman–Crippen MR) is 408 cm³/mol. The van der Waals surface area contributed by atoms with E-state index in [1.54, 1.807) is 78.9 Å². The van der Waals surface area contributed by atoms with Crippen molar-refractivity contribution in [3.63, 3.8) is 0 Å². The largest absolute Gasteiger partial charge is 0.468 e. The van der Waals surface area contributed by atoms with Crippen molar-refractivity contribution in [3.05, 3.63) is 209 Å². The number of halogens is 5. The minimum absolute atomic E-state index is 0.0625. The highest BCUT2D eigenvalue weighted by Crippen LogP contribution is 2.38. The lowest BCUT2D eigenvalue weighted by Crippen LogP contribution is -2.14. The number of hydrogen-bond acceptors (Lipinski definition) is 24. The Morgan fingerprint density at radius 3 is 0.860 bits per heavy atom. The van der Waals surface area contributed by atoms with Crippen LogP contribution in [-0.4, -0.2) is 109 Å². The van der Waals surface area contributed by atoms with Crippen molar-refractivity contribution in [1.82, 2.24) is 0 Å². The van der Waals surface area contributed by atoms with Crippen molar-refractivity contribution >= 4 is 199 Å². The molecule has 0 bridgehead atoms. The van der Waals surface area contributed by atoms with Crippen LogP contribution in [0.2, 0.25) is 20.1 Å². The molecule has 0 saturated heterocycles. The third-order valence-electron chi connectivity index (χ3n) is 12.4. The molecule has 0 saturated carbocycles. The summed E-state index contributed by atoms with van der Waals surface area (Å²) in [7, 11) is 7.83. The van der Waals surface area contributed by atoms with E-state index in [1.807, 2.05) is 67.6 Å². The van der Waals surface area contributed by atoms with Crippen LogP contribution in [0.1, 0.15) is 138 Å². The molecule has 0 aliphatic rings. The number of ether oxygens (including phenoxy) is 6. The second-order valence-corrected chi connectivity index (χ2v) is 31.5. The van der Waals surface area contributed by atoms with Crippen molar-refractivity contribution < 1.29 is 86.0 Å². The number of rotatable bonds is 18. The van der Waals surface area contributed by atoms with E-state index >= 15 is 0 Å². The Kier molecular flexibility index (Phi) is 44.1. The molecule has 6 unspecified atom stereocenters. The lowest BCUT2D eigenvalue weighted by molar-refractivity contribution is -0.141. The monoisotopic (exact) mass is 1630 g/mol. The van der Waals surface area contributed by atoms with Crippen LogP contribution in [0.15, 0.2) is 144 Å². The first-order valence-corrected chi connectivity index (χ1v) is 36.8. The molecule has 0 amide bonds. The van der Waals surface area contributed by atoms with Crippen molar-refractivity contribution in [2.45, 2.75) is 106 Å². The Balaban J connectivity index is 0.000000601. The SMILES string of the molecule is COC(=O)C(SC(C)=O)c1ccc(Br)cc1.COC(=O)C(SC(C)=O)c1ccc(C(C)(C)C)cc1.COC(=O)C(SC(C)=O)c1ccc(C)cc1.COC(=O)C(SC(C)=O)c1ccc(Cl)c(Cl)c1.COC(=O)C(SC(C)=O)c1ccc(Cl)cc1.COC(=O)C(SC(C)=O)c1cccc(Cl)c1. The van der Waals surface area contributed by atoms with Gasteiger partial charge in [0.15, 0.2) is 30.7 Å². The molecule has 6 atom stereocenters. The van der Waals surface area contributed by atoms with Crippen LogP contribution < -0.4 is 0 Å². The molecule has 0 aliphatic carbocycles. The maximum Gasteiger partial charge on any atom is 0.323 e. The molecular formula is C71H77BrCl4O18S6. The number of thioether (sulfide) groups is 6. The third kappa shape index (κ3) is 35.2. The van der Waals surface area contributed by atoms with E-state index in [2.05, 4.69) is 60.4 Å². The number of methoxy groups -OCH3 is 6. The minimum Gasteiger partial charge on any atom is -0.468 e. The van der Waals surface area contributed by atoms with Crippen LogP contribution in [0.3, 0.4) is 0 Å². The van der Waals surface area contributed by atoms with Gasteiger partial charge >= 0.3 is 35.8 Å². The number of esters is 6. The molecule has 0 fully saturated rings. The zero-order valence-electron chi connectivity index (χ0n) is 57.4. The van der Waals surface area contributed by atoms with Gasteiger partial charge in [-0.05, 0) is 99.8 Å². The number of benzene rings is 6. The number of carbonyl (C=O) groups excluding carboxylic acids is 12. The topological polar surface area (TPSA) is 260 Å². The summed E-state index contributed by atoms with van der Waals surface area (Å²) in [5.41, 5.74) is 6.66. The Morgan fingerprint density at radius 1 is 0.330 bits per heavy atom. The van der Waals surface area contributed by atoms with Gasteiger partial charge in [0.1, 0.15) is 31.5 Å². The van der Waals surface area contributed by atoms with Crippen molar-refractivity contribution in [2.75, 3.05) is 42.7 Å². The molecule has 0 N–H and O–H groups in total. The first-order valence-electron chi connectivity index (χ1n) is 29.3. The van der Waals surface area contributed by atoms with Gasteiger partial charge in [-0.1, -0.05) is 250 Å². The van der Waals surface area contributed by atoms with Gasteiger partial charge in [-0.15, -0.1) is 0 Å². The molecule has 540 valence electrons. The lowest BCUT2D eigenvalue weighted by Gasteiger charge is -2.20. The summed E-state index contributed by atoms with van der Waals surface area (Å²) in [5, 5.41) is -2.66. The van der Waals surface area contributed by atoms with Crippen LogP contribution in [0.25, 0.3) is 0 Å². The van der Waals surface area contributed by atoms with Crippen LogP contribution >= 0.6 is 133 Å². The Bertz CT molecular complexity index is 3540. The van der Waals surface area contributed by atoms with E-state index in [1.165, 1.54) is 89.8 Å². The first kappa shape index (κ1) is 91.9. The second kappa shape index (κ2) is 48.0. The van der Waals surface area contributed by atoms with Crippen LogP contribution in [0, 0.1) is 6.92 Å². The van der Waals surface area contributed by atoms with Crippen molar-refractivity contribution in [3.8, 4) is 0 Å². The van der Waals surface area contributed by atoms with Gasteiger partial charge in [-0.3, -0.25) is 57.5 Å². The fraction of sp³-hybridized carbons (Fsp3) is 0.324. The van der Waals surface area contributed by atoms with Gasteiger partial charge in [0, 0.05) is 56.1 Å². The summed E-state index contributed by atoms with van der Waals surface area (Å²) in [6.07, 6.45) is 0.